The lowest BCUT2D eigenvalue weighted by Crippen LogP contribution is -2.38. The van der Waals surface area contributed by atoms with Crippen molar-refractivity contribution < 1.29 is 18.3 Å². The average Bonchev–Trinajstić information content (AvgIpc) is 2.86. The zero-order chi connectivity index (χ0) is 14.5. The molecule has 0 bridgehead atoms. The first-order valence-corrected chi connectivity index (χ1v) is 6.55. The Labute approximate surface area is 116 Å². The molecule has 0 aliphatic carbocycles. The number of nitrogens with zero attached hydrogens (tertiary/aromatic N) is 1. The van der Waals surface area contributed by atoms with Crippen LogP contribution in [0.1, 0.15) is 12.0 Å². The molecule has 20 heavy (non-hydrogen) atoms. The lowest BCUT2D eigenvalue weighted by atomic mass is 10.1. The number of halogens is 2. The summed E-state index contributed by atoms with van der Waals surface area (Å²) >= 11 is 0. The van der Waals surface area contributed by atoms with E-state index in [1.54, 1.807) is 12.0 Å². The Hall–Kier alpha value is -1.69. The van der Waals surface area contributed by atoms with E-state index in [4.69, 9.17) is 4.74 Å². The van der Waals surface area contributed by atoms with Crippen molar-refractivity contribution in [3.63, 3.8) is 0 Å². The Kier molecular flexibility index (Phi) is 4.89. The molecule has 1 aliphatic heterocycles. The number of likely N-dealkylation sites (tertiary alicyclic amines) is 1. The first kappa shape index (κ1) is 14.7. The highest BCUT2D eigenvalue weighted by atomic mass is 19.1. The van der Waals surface area contributed by atoms with Crippen LogP contribution in [0.5, 0.6) is 0 Å². The molecule has 1 atom stereocenters. The number of urea groups is 1. The summed E-state index contributed by atoms with van der Waals surface area (Å²) in [5.41, 5.74) is 0.271. The molecule has 1 saturated heterocycles. The van der Waals surface area contributed by atoms with E-state index in [0.717, 1.165) is 12.5 Å². The second-order valence-corrected chi connectivity index (χ2v) is 4.95. The minimum absolute atomic E-state index is 0.0520. The molecule has 2 rings (SSSR count). The number of benzene rings is 1. The Bertz CT molecular complexity index is 482. The molecule has 1 N–H and O–H groups in total. The molecular weight excluding hydrogens is 266 g/mol. The van der Waals surface area contributed by atoms with Crippen LogP contribution in [0.3, 0.4) is 0 Å². The topological polar surface area (TPSA) is 41.6 Å². The lowest BCUT2D eigenvalue weighted by Gasteiger charge is -2.17. The van der Waals surface area contributed by atoms with Crippen LogP contribution in [-0.4, -0.2) is 37.7 Å². The van der Waals surface area contributed by atoms with Crippen molar-refractivity contribution in [1.29, 1.82) is 0 Å². The first-order chi connectivity index (χ1) is 9.60. The van der Waals surface area contributed by atoms with Crippen LogP contribution in [0.25, 0.3) is 0 Å². The van der Waals surface area contributed by atoms with Crippen molar-refractivity contribution in [2.75, 3.05) is 26.8 Å². The first-order valence-electron chi connectivity index (χ1n) is 6.55. The van der Waals surface area contributed by atoms with E-state index >= 15 is 0 Å². The molecule has 1 fully saturated rings. The maximum absolute atomic E-state index is 13.4. The fraction of sp³-hybridized carbons (Fsp3) is 0.500. The van der Waals surface area contributed by atoms with Crippen molar-refractivity contribution in [3.8, 4) is 0 Å². The standard InChI is InChI=1S/C14H18F2N2O2/c1-20-9-10-4-5-18(8-10)14(19)17-7-11-2-3-12(15)6-13(11)16/h2-3,6,10H,4-5,7-9H2,1H3,(H,17,19). The summed E-state index contributed by atoms with van der Waals surface area (Å²) in [5.74, 6) is -0.920. The summed E-state index contributed by atoms with van der Waals surface area (Å²) in [6, 6.07) is 3.09. The van der Waals surface area contributed by atoms with Gasteiger partial charge in [0, 0.05) is 44.3 Å². The van der Waals surface area contributed by atoms with Crippen molar-refractivity contribution >= 4 is 6.03 Å². The van der Waals surface area contributed by atoms with E-state index in [1.165, 1.54) is 12.1 Å². The molecule has 1 aliphatic rings. The van der Waals surface area contributed by atoms with Crippen LogP contribution < -0.4 is 5.32 Å². The van der Waals surface area contributed by atoms with Gasteiger partial charge in [-0.25, -0.2) is 13.6 Å². The molecule has 4 nitrogen and oxygen atoms in total. The predicted octanol–water partition coefficient (Wildman–Crippen LogP) is 2.14. The fourth-order valence-electron chi connectivity index (χ4n) is 2.34. The quantitative estimate of drug-likeness (QED) is 0.920. The molecule has 1 heterocycles. The third-order valence-electron chi connectivity index (χ3n) is 3.42. The van der Waals surface area contributed by atoms with Crippen LogP contribution in [-0.2, 0) is 11.3 Å². The van der Waals surface area contributed by atoms with E-state index in [2.05, 4.69) is 5.32 Å². The van der Waals surface area contributed by atoms with Crippen molar-refractivity contribution in [1.82, 2.24) is 10.2 Å². The van der Waals surface area contributed by atoms with Crippen molar-refractivity contribution in [2.24, 2.45) is 5.92 Å². The summed E-state index contributed by atoms with van der Waals surface area (Å²) in [6.45, 7) is 2.00. The van der Waals surface area contributed by atoms with E-state index in [1.807, 2.05) is 0 Å². The van der Waals surface area contributed by atoms with Crippen molar-refractivity contribution in [3.05, 3.63) is 35.4 Å². The largest absolute Gasteiger partial charge is 0.384 e. The number of ether oxygens (including phenoxy) is 1. The van der Waals surface area contributed by atoms with Crippen LogP contribution in [0.4, 0.5) is 13.6 Å². The van der Waals surface area contributed by atoms with Gasteiger partial charge in [-0.05, 0) is 12.5 Å². The van der Waals surface area contributed by atoms with Crippen LogP contribution in [0, 0.1) is 17.6 Å². The number of hydrogen-bond acceptors (Lipinski definition) is 2. The summed E-state index contributed by atoms with van der Waals surface area (Å²) in [7, 11) is 1.64. The molecule has 1 aromatic rings. The van der Waals surface area contributed by atoms with Gasteiger partial charge in [0.25, 0.3) is 0 Å². The second kappa shape index (κ2) is 6.65. The maximum atomic E-state index is 13.4. The minimum Gasteiger partial charge on any atom is -0.384 e. The molecule has 1 aromatic carbocycles. The minimum atomic E-state index is -0.649. The number of nitrogens with one attached hydrogen (secondary N) is 1. The van der Waals surface area contributed by atoms with Gasteiger partial charge in [-0.3, -0.25) is 0 Å². The Balaban J connectivity index is 1.83. The molecular formula is C14H18F2N2O2. The zero-order valence-electron chi connectivity index (χ0n) is 11.4. The van der Waals surface area contributed by atoms with Gasteiger partial charge in [-0.1, -0.05) is 6.07 Å². The smallest absolute Gasteiger partial charge is 0.317 e. The van der Waals surface area contributed by atoms with Crippen LogP contribution in [0.15, 0.2) is 18.2 Å². The van der Waals surface area contributed by atoms with Gasteiger partial charge in [0.15, 0.2) is 0 Å². The van der Waals surface area contributed by atoms with Gasteiger partial charge in [-0.2, -0.15) is 0 Å². The fourth-order valence-corrected chi connectivity index (χ4v) is 2.34. The zero-order valence-corrected chi connectivity index (χ0v) is 11.4. The Morgan fingerprint density at radius 1 is 1.50 bits per heavy atom. The molecule has 0 spiro atoms. The summed E-state index contributed by atoms with van der Waals surface area (Å²) < 4.78 is 31.2. The predicted molar refractivity (Wildman–Crippen MR) is 70.1 cm³/mol. The number of amides is 2. The number of carbonyl (C=O) groups is 1. The highest BCUT2D eigenvalue weighted by Crippen LogP contribution is 2.16. The van der Waals surface area contributed by atoms with Gasteiger partial charge in [-0.15, -0.1) is 0 Å². The normalized spacial score (nSPS) is 18.4. The Morgan fingerprint density at radius 2 is 2.30 bits per heavy atom. The summed E-state index contributed by atoms with van der Waals surface area (Å²) in [5, 5.41) is 2.65. The average molecular weight is 284 g/mol. The number of rotatable bonds is 4. The summed E-state index contributed by atoms with van der Waals surface area (Å²) in [6.07, 6.45) is 0.909. The van der Waals surface area contributed by atoms with E-state index in [0.29, 0.717) is 25.6 Å². The van der Waals surface area contributed by atoms with Gasteiger partial charge in [0.2, 0.25) is 0 Å². The van der Waals surface area contributed by atoms with Gasteiger partial charge >= 0.3 is 6.03 Å². The highest BCUT2D eigenvalue weighted by molar-refractivity contribution is 5.74. The van der Waals surface area contributed by atoms with Gasteiger partial charge < -0.3 is 15.0 Å². The third kappa shape index (κ3) is 3.66. The number of carbonyl (C=O) groups excluding carboxylic acids is 1. The molecule has 0 aromatic heterocycles. The lowest BCUT2D eigenvalue weighted by molar-refractivity contribution is 0.153. The van der Waals surface area contributed by atoms with E-state index in [9.17, 15) is 13.6 Å². The maximum Gasteiger partial charge on any atom is 0.317 e. The number of hydrogen-bond donors (Lipinski definition) is 1. The van der Waals surface area contributed by atoms with E-state index in [-0.39, 0.29) is 18.1 Å². The molecule has 2 amide bonds. The second-order valence-electron chi connectivity index (χ2n) is 4.95. The SMILES string of the molecule is COCC1CCN(C(=O)NCc2ccc(F)cc2F)C1. The highest BCUT2D eigenvalue weighted by Gasteiger charge is 2.25. The Morgan fingerprint density at radius 3 is 3.00 bits per heavy atom. The molecule has 6 heteroatoms. The van der Waals surface area contributed by atoms with Gasteiger partial charge in [0.05, 0.1) is 6.61 Å². The van der Waals surface area contributed by atoms with E-state index < -0.39 is 11.6 Å². The molecule has 0 radical (unpaired) electrons. The van der Waals surface area contributed by atoms with Crippen molar-refractivity contribution in [2.45, 2.75) is 13.0 Å². The van der Waals surface area contributed by atoms with Crippen LogP contribution >= 0.6 is 0 Å². The van der Waals surface area contributed by atoms with Gasteiger partial charge in [0.1, 0.15) is 11.6 Å². The third-order valence-corrected chi connectivity index (χ3v) is 3.42. The summed E-state index contributed by atoms with van der Waals surface area (Å²) in [4.78, 5) is 13.6. The van der Waals surface area contributed by atoms with Crippen LogP contribution in [0.2, 0.25) is 0 Å². The molecule has 1 unspecified atom stereocenters. The molecule has 0 saturated carbocycles. The number of methoxy groups -OCH3 is 1. The monoisotopic (exact) mass is 284 g/mol. The molecule has 110 valence electrons.